The van der Waals surface area contributed by atoms with Crippen molar-refractivity contribution in [3.63, 3.8) is 0 Å². The number of amides is 1. The van der Waals surface area contributed by atoms with Crippen LogP contribution in [0.25, 0.3) is 0 Å². The van der Waals surface area contributed by atoms with Crippen LogP contribution in [0.3, 0.4) is 0 Å². The molecule has 3 nitrogen and oxygen atoms in total. The molecule has 1 saturated carbocycles. The van der Waals surface area contributed by atoms with Crippen LogP contribution in [0, 0.1) is 5.92 Å². The Hall–Kier alpha value is -0.570. The van der Waals surface area contributed by atoms with E-state index in [1.54, 1.807) is 0 Å². The summed E-state index contributed by atoms with van der Waals surface area (Å²) in [5.41, 5.74) is 6.01. The van der Waals surface area contributed by atoms with E-state index in [1.165, 1.54) is 19.3 Å². The van der Waals surface area contributed by atoms with Gasteiger partial charge in [0.05, 0.1) is 0 Å². The number of unbranched alkanes of at least 4 members (excludes halogenated alkanes) is 1. The van der Waals surface area contributed by atoms with Crippen LogP contribution in [0.2, 0.25) is 0 Å². The monoisotopic (exact) mass is 212 g/mol. The van der Waals surface area contributed by atoms with Gasteiger partial charge in [0.2, 0.25) is 5.91 Å². The smallest absolute Gasteiger partial charge is 0.220 e. The van der Waals surface area contributed by atoms with Crippen LogP contribution in [0.5, 0.6) is 0 Å². The molecule has 1 aliphatic rings. The highest BCUT2D eigenvalue weighted by atomic mass is 16.1. The topological polar surface area (TPSA) is 55.1 Å². The summed E-state index contributed by atoms with van der Waals surface area (Å²) in [5, 5.41) is 3.00. The van der Waals surface area contributed by atoms with Crippen molar-refractivity contribution in [3.8, 4) is 0 Å². The summed E-state index contributed by atoms with van der Waals surface area (Å²) in [6.07, 6.45) is 7.55. The minimum absolute atomic E-state index is 0.189. The molecule has 0 aliphatic heterocycles. The van der Waals surface area contributed by atoms with Crippen molar-refractivity contribution < 1.29 is 4.79 Å². The lowest BCUT2D eigenvalue weighted by Gasteiger charge is -2.28. The number of nitrogens with two attached hydrogens (primary N) is 1. The molecule has 0 bridgehead atoms. The van der Waals surface area contributed by atoms with Gasteiger partial charge in [-0.3, -0.25) is 4.79 Å². The van der Waals surface area contributed by atoms with Gasteiger partial charge in [0.25, 0.3) is 0 Å². The molecule has 0 radical (unpaired) electrons. The van der Waals surface area contributed by atoms with Crippen molar-refractivity contribution in [2.45, 2.75) is 57.9 Å². The van der Waals surface area contributed by atoms with Gasteiger partial charge in [-0.05, 0) is 25.2 Å². The predicted molar refractivity (Wildman–Crippen MR) is 62.5 cm³/mol. The van der Waals surface area contributed by atoms with Crippen molar-refractivity contribution >= 4 is 5.91 Å². The second kappa shape index (κ2) is 6.83. The molecule has 1 aliphatic carbocycles. The maximum atomic E-state index is 11.4. The van der Waals surface area contributed by atoms with Crippen LogP contribution < -0.4 is 11.1 Å². The fraction of sp³-hybridized carbons (Fsp3) is 0.917. The highest BCUT2D eigenvalue weighted by Gasteiger charge is 2.21. The Balaban J connectivity index is 2.14. The zero-order valence-electron chi connectivity index (χ0n) is 9.80. The lowest BCUT2D eigenvalue weighted by molar-refractivity contribution is -0.121. The summed E-state index contributed by atoms with van der Waals surface area (Å²) in [5.74, 6) is 0.693. The molecule has 2 atom stereocenters. The molecule has 0 spiro atoms. The predicted octanol–water partition coefficient (Wildman–Crippen LogP) is 1.81. The Morgan fingerprint density at radius 2 is 2.13 bits per heavy atom. The van der Waals surface area contributed by atoms with Crippen LogP contribution >= 0.6 is 0 Å². The molecular weight excluding hydrogens is 188 g/mol. The number of carbonyl (C=O) groups is 1. The van der Waals surface area contributed by atoms with Crippen molar-refractivity contribution in [1.29, 1.82) is 0 Å². The third-order valence-electron chi connectivity index (χ3n) is 3.29. The van der Waals surface area contributed by atoms with E-state index >= 15 is 0 Å². The third-order valence-corrected chi connectivity index (χ3v) is 3.29. The molecule has 1 amide bonds. The highest BCUT2D eigenvalue weighted by molar-refractivity contribution is 5.75. The SMILES string of the molecule is CCCCC(=O)NCC1CCCCC1N. The summed E-state index contributed by atoms with van der Waals surface area (Å²) in [7, 11) is 0. The summed E-state index contributed by atoms with van der Waals surface area (Å²) in [6.45, 7) is 2.88. The molecule has 3 N–H and O–H groups in total. The van der Waals surface area contributed by atoms with E-state index in [0.29, 0.717) is 18.4 Å². The van der Waals surface area contributed by atoms with Crippen molar-refractivity contribution in [3.05, 3.63) is 0 Å². The number of hydrogen-bond donors (Lipinski definition) is 2. The summed E-state index contributed by atoms with van der Waals surface area (Å²) in [6, 6.07) is 0.297. The minimum Gasteiger partial charge on any atom is -0.356 e. The van der Waals surface area contributed by atoms with E-state index in [1.807, 2.05) is 0 Å². The summed E-state index contributed by atoms with van der Waals surface area (Å²) < 4.78 is 0. The largest absolute Gasteiger partial charge is 0.356 e. The normalized spacial score (nSPS) is 26.3. The fourth-order valence-electron chi connectivity index (χ4n) is 2.16. The summed E-state index contributed by atoms with van der Waals surface area (Å²) >= 11 is 0. The maximum absolute atomic E-state index is 11.4. The lowest BCUT2D eigenvalue weighted by Crippen LogP contribution is -2.41. The van der Waals surface area contributed by atoms with Gasteiger partial charge in [-0.1, -0.05) is 26.2 Å². The molecule has 3 heteroatoms. The molecular formula is C12H24N2O. The molecule has 0 aromatic heterocycles. The number of hydrogen-bond acceptors (Lipinski definition) is 2. The first kappa shape index (κ1) is 12.5. The molecule has 0 heterocycles. The molecule has 0 aromatic rings. The average molecular weight is 212 g/mol. The number of carbonyl (C=O) groups excluding carboxylic acids is 1. The van der Waals surface area contributed by atoms with E-state index in [9.17, 15) is 4.79 Å². The van der Waals surface area contributed by atoms with E-state index in [0.717, 1.165) is 25.8 Å². The van der Waals surface area contributed by atoms with Gasteiger partial charge in [-0.2, -0.15) is 0 Å². The van der Waals surface area contributed by atoms with Crippen LogP contribution in [0.4, 0.5) is 0 Å². The molecule has 0 saturated heterocycles. The van der Waals surface area contributed by atoms with E-state index < -0.39 is 0 Å². The van der Waals surface area contributed by atoms with Gasteiger partial charge in [0.15, 0.2) is 0 Å². The standard InChI is InChI=1S/C12H24N2O/c1-2-3-8-12(15)14-9-10-6-4-5-7-11(10)13/h10-11H,2-9,13H2,1H3,(H,14,15). The van der Waals surface area contributed by atoms with E-state index in [2.05, 4.69) is 12.2 Å². The van der Waals surface area contributed by atoms with Crippen molar-refractivity contribution in [2.75, 3.05) is 6.54 Å². The molecule has 88 valence electrons. The average Bonchev–Trinajstić information content (AvgIpc) is 2.25. The first-order valence-electron chi connectivity index (χ1n) is 6.26. The summed E-state index contributed by atoms with van der Waals surface area (Å²) in [4.78, 5) is 11.4. The lowest BCUT2D eigenvalue weighted by atomic mass is 9.85. The Bertz CT molecular complexity index is 194. The van der Waals surface area contributed by atoms with Gasteiger partial charge in [-0.25, -0.2) is 0 Å². The van der Waals surface area contributed by atoms with E-state index in [4.69, 9.17) is 5.73 Å². The third kappa shape index (κ3) is 4.65. The van der Waals surface area contributed by atoms with E-state index in [-0.39, 0.29) is 5.91 Å². The zero-order valence-corrected chi connectivity index (χ0v) is 9.80. The molecule has 1 rings (SSSR count). The second-order valence-electron chi connectivity index (χ2n) is 4.62. The van der Waals surface area contributed by atoms with Gasteiger partial charge in [-0.15, -0.1) is 0 Å². The van der Waals surface area contributed by atoms with Gasteiger partial charge in [0.1, 0.15) is 0 Å². The molecule has 0 aromatic carbocycles. The number of nitrogens with one attached hydrogen (secondary N) is 1. The Morgan fingerprint density at radius 3 is 2.80 bits per heavy atom. The molecule has 15 heavy (non-hydrogen) atoms. The van der Waals surface area contributed by atoms with Gasteiger partial charge in [0, 0.05) is 19.0 Å². The minimum atomic E-state index is 0.189. The Morgan fingerprint density at radius 1 is 1.40 bits per heavy atom. The van der Waals surface area contributed by atoms with Crippen molar-refractivity contribution in [2.24, 2.45) is 11.7 Å². The van der Waals surface area contributed by atoms with Crippen molar-refractivity contribution in [1.82, 2.24) is 5.32 Å². The molecule has 2 unspecified atom stereocenters. The maximum Gasteiger partial charge on any atom is 0.220 e. The molecule has 1 fully saturated rings. The van der Waals surface area contributed by atoms with Crippen LogP contribution in [-0.2, 0) is 4.79 Å². The Labute approximate surface area is 92.8 Å². The zero-order chi connectivity index (χ0) is 11.1. The fourth-order valence-corrected chi connectivity index (χ4v) is 2.16. The number of rotatable bonds is 5. The van der Waals surface area contributed by atoms with Crippen LogP contribution in [-0.4, -0.2) is 18.5 Å². The highest BCUT2D eigenvalue weighted by Crippen LogP contribution is 2.22. The first-order valence-corrected chi connectivity index (χ1v) is 6.26. The second-order valence-corrected chi connectivity index (χ2v) is 4.62. The Kier molecular flexibility index (Phi) is 5.69. The van der Waals surface area contributed by atoms with Crippen LogP contribution in [0.1, 0.15) is 51.9 Å². The van der Waals surface area contributed by atoms with Gasteiger partial charge < -0.3 is 11.1 Å². The first-order chi connectivity index (χ1) is 7.24. The van der Waals surface area contributed by atoms with Gasteiger partial charge >= 0.3 is 0 Å². The van der Waals surface area contributed by atoms with Crippen LogP contribution in [0.15, 0.2) is 0 Å². The quantitative estimate of drug-likeness (QED) is 0.730.